The van der Waals surface area contributed by atoms with Crippen molar-refractivity contribution in [3.8, 4) is 0 Å². The summed E-state index contributed by atoms with van der Waals surface area (Å²) in [5, 5.41) is 0. The number of hydrogen-bond donors (Lipinski definition) is 0. The standard InChI is InChI=1S/C5H4BrIN2/c1-3-8-2-4(7)5(6)9-3/h2H,1H3. The van der Waals surface area contributed by atoms with Crippen molar-refractivity contribution >= 4 is 38.5 Å². The molecule has 0 radical (unpaired) electrons. The number of hydrogen-bond acceptors (Lipinski definition) is 2. The highest BCUT2D eigenvalue weighted by Gasteiger charge is 1.95. The Balaban J connectivity index is 3.17. The second kappa shape index (κ2) is 2.92. The molecular weight excluding hydrogens is 295 g/mol. The third-order valence-electron chi connectivity index (χ3n) is 0.822. The average molecular weight is 299 g/mol. The smallest absolute Gasteiger partial charge is 0.126 e. The van der Waals surface area contributed by atoms with Crippen LogP contribution in [0.4, 0.5) is 0 Å². The minimum atomic E-state index is 0.794. The van der Waals surface area contributed by atoms with Gasteiger partial charge in [-0.3, -0.25) is 0 Å². The van der Waals surface area contributed by atoms with Crippen molar-refractivity contribution in [3.63, 3.8) is 0 Å². The Morgan fingerprint density at radius 2 is 2.33 bits per heavy atom. The highest BCUT2D eigenvalue weighted by Crippen LogP contribution is 2.13. The molecule has 0 unspecified atom stereocenters. The Hall–Kier alpha value is 0.290. The molecule has 1 heterocycles. The first-order valence-corrected chi connectivity index (χ1v) is 4.22. The molecule has 0 bridgehead atoms. The van der Waals surface area contributed by atoms with Crippen LogP contribution in [0, 0.1) is 10.5 Å². The Bertz CT molecular complexity index is 226. The molecule has 0 atom stereocenters. The van der Waals surface area contributed by atoms with E-state index in [1.165, 1.54) is 0 Å². The largest absolute Gasteiger partial charge is 0.240 e. The quantitative estimate of drug-likeness (QED) is 0.542. The fraction of sp³-hybridized carbons (Fsp3) is 0.200. The number of rotatable bonds is 0. The van der Waals surface area contributed by atoms with Crippen LogP contribution in [0.3, 0.4) is 0 Å². The molecule has 0 amide bonds. The summed E-state index contributed by atoms with van der Waals surface area (Å²) < 4.78 is 1.91. The van der Waals surface area contributed by atoms with E-state index >= 15 is 0 Å². The van der Waals surface area contributed by atoms with Crippen LogP contribution in [-0.4, -0.2) is 9.97 Å². The van der Waals surface area contributed by atoms with E-state index in [1.807, 2.05) is 6.92 Å². The van der Waals surface area contributed by atoms with Gasteiger partial charge in [0.25, 0.3) is 0 Å². The lowest BCUT2D eigenvalue weighted by atomic mass is 10.6. The number of aromatic nitrogens is 2. The first-order chi connectivity index (χ1) is 4.20. The maximum Gasteiger partial charge on any atom is 0.126 e. The van der Waals surface area contributed by atoms with Crippen molar-refractivity contribution in [2.24, 2.45) is 0 Å². The van der Waals surface area contributed by atoms with Gasteiger partial charge in [-0.1, -0.05) is 0 Å². The van der Waals surface area contributed by atoms with Crippen molar-refractivity contribution in [1.82, 2.24) is 9.97 Å². The average Bonchev–Trinajstić information content (AvgIpc) is 1.80. The van der Waals surface area contributed by atoms with E-state index in [0.717, 1.165) is 14.0 Å². The lowest BCUT2D eigenvalue weighted by Crippen LogP contribution is -1.88. The van der Waals surface area contributed by atoms with E-state index in [-0.39, 0.29) is 0 Å². The normalized spacial score (nSPS) is 9.67. The molecule has 9 heavy (non-hydrogen) atoms. The Morgan fingerprint density at radius 1 is 1.67 bits per heavy atom. The summed E-state index contributed by atoms with van der Waals surface area (Å²) in [6.07, 6.45) is 1.78. The van der Waals surface area contributed by atoms with Crippen LogP contribution in [0.25, 0.3) is 0 Å². The van der Waals surface area contributed by atoms with Crippen molar-refractivity contribution in [2.75, 3.05) is 0 Å². The van der Waals surface area contributed by atoms with E-state index in [9.17, 15) is 0 Å². The van der Waals surface area contributed by atoms with E-state index in [1.54, 1.807) is 6.20 Å². The zero-order chi connectivity index (χ0) is 6.85. The van der Waals surface area contributed by atoms with E-state index in [4.69, 9.17) is 0 Å². The molecule has 1 rings (SSSR count). The monoisotopic (exact) mass is 298 g/mol. The lowest BCUT2D eigenvalue weighted by molar-refractivity contribution is 1.02. The van der Waals surface area contributed by atoms with E-state index < -0.39 is 0 Å². The Labute approximate surface area is 75.4 Å². The Kier molecular flexibility index (Phi) is 2.40. The van der Waals surface area contributed by atoms with Crippen LogP contribution in [0.5, 0.6) is 0 Å². The van der Waals surface area contributed by atoms with Crippen molar-refractivity contribution in [3.05, 3.63) is 20.2 Å². The predicted molar refractivity (Wildman–Crippen MR) is 47.2 cm³/mol. The van der Waals surface area contributed by atoms with Crippen LogP contribution in [0.15, 0.2) is 10.8 Å². The second-order valence-corrected chi connectivity index (χ2v) is 3.47. The number of aryl methyl sites for hydroxylation is 1. The molecule has 1 aromatic rings. The fourth-order valence-electron chi connectivity index (χ4n) is 0.428. The minimum Gasteiger partial charge on any atom is -0.240 e. The van der Waals surface area contributed by atoms with E-state index in [2.05, 4.69) is 48.5 Å². The van der Waals surface area contributed by atoms with Gasteiger partial charge in [-0.15, -0.1) is 0 Å². The summed E-state index contributed by atoms with van der Waals surface area (Å²) in [6.45, 7) is 1.86. The second-order valence-electron chi connectivity index (χ2n) is 1.56. The topological polar surface area (TPSA) is 25.8 Å². The van der Waals surface area contributed by atoms with Crippen LogP contribution in [0.2, 0.25) is 0 Å². The molecule has 48 valence electrons. The zero-order valence-corrected chi connectivity index (χ0v) is 8.47. The summed E-state index contributed by atoms with van der Waals surface area (Å²) in [5.41, 5.74) is 0. The van der Waals surface area contributed by atoms with Crippen LogP contribution >= 0.6 is 38.5 Å². The van der Waals surface area contributed by atoms with Crippen molar-refractivity contribution in [2.45, 2.75) is 6.92 Å². The highest BCUT2D eigenvalue weighted by atomic mass is 127. The van der Waals surface area contributed by atoms with Crippen LogP contribution < -0.4 is 0 Å². The minimum absolute atomic E-state index is 0.794. The first-order valence-electron chi connectivity index (χ1n) is 2.35. The molecule has 0 N–H and O–H groups in total. The zero-order valence-electron chi connectivity index (χ0n) is 4.73. The van der Waals surface area contributed by atoms with Crippen LogP contribution in [-0.2, 0) is 0 Å². The van der Waals surface area contributed by atoms with Gasteiger partial charge in [-0.2, -0.15) is 0 Å². The van der Waals surface area contributed by atoms with Crippen molar-refractivity contribution in [1.29, 1.82) is 0 Å². The summed E-state index contributed by atoms with van der Waals surface area (Å²) in [5.74, 6) is 0.794. The summed E-state index contributed by atoms with van der Waals surface area (Å²) in [6, 6.07) is 0. The fourth-order valence-corrected chi connectivity index (χ4v) is 1.05. The van der Waals surface area contributed by atoms with Gasteiger partial charge in [0.15, 0.2) is 0 Å². The molecule has 0 spiro atoms. The van der Waals surface area contributed by atoms with E-state index in [0.29, 0.717) is 0 Å². The molecule has 0 aromatic carbocycles. The number of halogens is 2. The van der Waals surface area contributed by atoms with Gasteiger partial charge < -0.3 is 0 Å². The van der Waals surface area contributed by atoms with Gasteiger partial charge in [0.05, 0.1) is 3.57 Å². The maximum absolute atomic E-state index is 4.07. The molecular formula is C5H4BrIN2. The molecule has 0 saturated heterocycles. The van der Waals surface area contributed by atoms with Gasteiger partial charge in [-0.25, -0.2) is 9.97 Å². The molecule has 4 heteroatoms. The third-order valence-corrected chi connectivity index (χ3v) is 2.96. The molecule has 1 aromatic heterocycles. The summed E-state index contributed by atoms with van der Waals surface area (Å²) >= 11 is 5.46. The Morgan fingerprint density at radius 3 is 2.78 bits per heavy atom. The molecule has 0 aliphatic heterocycles. The van der Waals surface area contributed by atoms with Crippen LogP contribution in [0.1, 0.15) is 5.82 Å². The van der Waals surface area contributed by atoms with Gasteiger partial charge in [0.1, 0.15) is 10.4 Å². The lowest BCUT2D eigenvalue weighted by Gasteiger charge is -1.93. The predicted octanol–water partition coefficient (Wildman–Crippen LogP) is 2.15. The van der Waals surface area contributed by atoms with Crippen molar-refractivity contribution < 1.29 is 0 Å². The maximum atomic E-state index is 4.07. The molecule has 2 nitrogen and oxygen atoms in total. The third kappa shape index (κ3) is 1.86. The SMILES string of the molecule is Cc1ncc(I)c(Br)n1. The molecule has 0 aliphatic rings. The molecule has 0 saturated carbocycles. The van der Waals surface area contributed by atoms with Gasteiger partial charge in [0, 0.05) is 6.20 Å². The van der Waals surface area contributed by atoms with Gasteiger partial charge in [-0.05, 0) is 45.4 Å². The summed E-state index contributed by atoms with van der Waals surface area (Å²) in [4.78, 5) is 8.06. The number of nitrogens with zero attached hydrogens (tertiary/aromatic N) is 2. The highest BCUT2D eigenvalue weighted by molar-refractivity contribution is 14.1. The first kappa shape index (κ1) is 7.40. The van der Waals surface area contributed by atoms with Gasteiger partial charge in [0.2, 0.25) is 0 Å². The molecule has 0 fully saturated rings. The molecule has 0 aliphatic carbocycles. The van der Waals surface area contributed by atoms with Gasteiger partial charge >= 0.3 is 0 Å². The summed E-state index contributed by atoms with van der Waals surface area (Å²) in [7, 11) is 0.